The van der Waals surface area contributed by atoms with Crippen molar-refractivity contribution in [3.8, 4) is 0 Å². The van der Waals surface area contributed by atoms with Gasteiger partial charge in [-0.2, -0.15) is 0 Å². The molecule has 2 aromatic rings. The van der Waals surface area contributed by atoms with Crippen LogP contribution in [0.5, 0.6) is 0 Å². The van der Waals surface area contributed by atoms with Gasteiger partial charge in [0, 0.05) is 27.7 Å². The number of nitrogens with zero attached hydrogens (tertiary/aromatic N) is 1. The van der Waals surface area contributed by atoms with Crippen LogP contribution in [0, 0.1) is 6.92 Å². The van der Waals surface area contributed by atoms with E-state index in [1.165, 1.54) is 21.8 Å². The van der Waals surface area contributed by atoms with Gasteiger partial charge in [0.15, 0.2) is 0 Å². The fourth-order valence-corrected chi connectivity index (χ4v) is 3.81. The van der Waals surface area contributed by atoms with Crippen molar-refractivity contribution in [1.29, 1.82) is 0 Å². The maximum atomic E-state index is 4.81. The second kappa shape index (κ2) is 6.59. The molecule has 114 valence electrons. The number of rotatable bonds is 4. The predicted molar refractivity (Wildman–Crippen MR) is 95.2 cm³/mol. The molecule has 0 radical (unpaired) electrons. The van der Waals surface area contributed by atoms with Gasteiger partial charge in [-0.15, -0.1) is 11.3 Å². The van der Waals surface area contributed by atoms with E-state index in [1.54, 1.807) is 11.3 Å². The van der Waals surface area contributed by atoms with Gasteiger partial charge in [-0.25, -0.2) is 4.98 Å². The molecule has 1 unspecified atom stereocenters. The van der Waals surface area contributed by atoms with E-state index in [9.17, 15) is 0 Å². The SMILES string of the molecule is CNC(Cc1nc(C(C)(C)C)cs1)c1cc(C)ccc1Br. The van der Waals surface area contributed by atoms with Crippen molar-refractivity contribution in [2.24, 2.45) is 0 Å². The number of aromatic nitrogens is 1. The number of aryl methyl sites for hydroxylation is 1. The third kappa shape index (κ3) is 4.15. The Morgan fingerprint density at radius 3 is 2.62 bits per heavy atom. The largest absolute Gasteiger partial charge is 0.313 e. The Kier molecular flexibility index (Phi) is 5.23. The molecule has 4 heteroatoms. The predicted octanol–water partition coefficient (Wildman–Crippen LogP) is 5.01. The monoisotopic (exact) mass is 366 g/mol. The lowest BCUT2D eigenvalue weighted by Crippen LogP contribution is -2.19. The van der Waals surface area contributed by atoms with Crippen LogP contribution in [-0.4, -0.2) is 12.0 Å². The fourth-order valence-electron chi connectivity index (χ4n) is 2.22. The van der Waals surface area contributed by atoms with Gasteiger partial charge in [0.05, 0.1) is 10.7 Å². The molecular formula is C17H23BrN2S. The van der Waals surface area contributed by atoms with Crippen molar-refractivity contribution in [3.05, 3.63) is 49.9 Å². The molecule has 2 rings (SSSR count). The molecule has 2 nitrogen and oxygen atoms in total. The zero-order chi connectivity index (χ0) is 15.6. The number of nitrogens with one attached hydrogen (secondary N) is 1. The molecule has 1 aromatic heterocycles. The van der Waals surface area contributed by atoms with Crippen molar-refractivity contribution in [1.82, 2.24) is 10.3 Å². The highest BCUT2D eigenvalue weighted by molar-refractivity contribution is 9.10. The molecular weight excluding hydrogens is 344 g/mol. The molecule has 0 saturated carbocycles. The number of hydrogen-bond donors (Lipinski definition) is 1. The number of hydrogen-bond acceptors (Lipinski definition) is 3. The Morgan fingerprint density at radius 2 is 2.05 bits per heavy atom. The average Bonchev–Trinajstić information content (AvgIpc) is 2.87. The van der Waals surface area contributed by atoms with Crippen LogP contribution in [0.25, 0.3) is 0 Å². The minimum atomic E-state index is 0.119. The molecule has 0 amide bonds. The van der Waals surface area contributed by atoms with Gasteiger partial charge < -0.3 is 5.32 Å². The quantitative estimate of drug-likeness (QED) is 0.821. The van der Waals surface area contributed by atoms with Crippen LogP contribution in [-0.2, 0) is 11.8 Å². The molecule has 0 saturated heterocycles. The zero-order valence-electron chi connectivity index (χ0n) is 13.3. The highest BCUT2D eigenvalue weighted by Gasteiger charge is 2.20. The molecule has 0 aliphatic carbocycles. The molecule has 0 aliphatic heterocycles. The van der Waals surface area contributed by atoms with Crippen LogP contribution in [0.15, 0.2) is 28.1 Å². The van der Waals surface area contributed by atoms with E-state index in [2.05, 4.69) is 72.5 Å². The highest BCUT2D eigenvalue weighted by atomic mass is 79.9. The van der Waals surface area contributed by atoms with Gasteiger partial charge in [-0.05, 0) is 25.6 Å². The standard InChI is InChI=1S/C17H23BrN2S/c1-11-6-7-13(18)12(8-11)14(19-5)9-16-20-15(10-21-16)17(2,3)4/h6-8,10,14,19H,9H2,1-5H3. The summed E-state index contributed by atoms with van der Waals surface area (Å²) in [5, 5.41) is 6.80. The van der Waals surface area contributed by atoms with Gasteiger partial charge in [0.25, 0.3) is 0 Å². The summed E-state index contributed by atoms with van der Waals surface area (Å²) in [6, 6.07) is 6.76. The maximum Gasteiger partial charge on any atom is 0.0947 e. The van der Waals surface area contributed by atoms with Crippen LogP contribution in [0.3, 0.4) is 0 Å². The van der Waals surface area contributed by atoms with Gasteiger partial charge in [-0.3, -0.25) is 0 Å². The third-order valence-electron chi connectivity index (χ3n) is 3.57. The number of likely N-dealkylation sites (N-methyl/N-ethyl adjacent to an activating group) is 1. The van der Waals surface area contributed by atoms with Crippen molar-refractivity contribution >= 4 is 27.3 Å². The molecule has 1 aromatic carbocycles. The minimum absolute atomic E-state index is 0.119. The van der Waals surface area contributed by atoms with Crippen LogP contribution in [0.4, 0.5) is 0 Å². The summed E-state index contributed by atoms with van der Waals surface area (Å²) in [6.45, 7) is 8.75. The molecule has 1 atom stereocenters. The number of halogens is 1. The summed E-state index contributed by atoms with van der Waals surface area (Å²) in [7, 11) is 2.01. The number of thiazole rings is 1. The molecule has 0 bridgehead atoms. The van der Waals surface area contributed by atoms with E-state index in [0.29, 0.717) is 0 Å². The summed E-state index contributed by atoms with van der Waals surface area (Å²) in [4.78, 5) is 4.81. The molecule has 1 heterocycles. The lowest BCUT2D eigenvalue weighted by Gasteiger charge is -2.18. The van der Waals surface area contributed by atoms with E-state index in [-0.39, 0.29) is 11.5 Å². The Labute approximate surface area is 140 Å². The first-order valence-electron chi connectivity index (χ1n) is 7.19. The van der Waals surface area contributed by atoms with Gasteiger partial charge >= 0.3 is 0 Å². The van der Waals surface area contributed by atoms with E-state index < -0.39 is 0 Å². The second-order valence-corrected chi connectivity index (χ2v) is 8.24. The summed E-state index contributed by atoms with van der Waals surface area (Å²) >= 11 is 5.42. The highest BCUT2D eigenvalue weighted by Crippen LogP contribution is 2.30. The van der Waals surface area contributed by atoms with E-state index in [1.807, 2.05) is 7.05 Å². The van der Waals surface area contributed by atoms with Crippen LogP contribution in [0.2, 0.25) is 0 Å². The maximum absolute atomic E-state index is 4.81. The van der Waals surface area contributed by atoms with Crippen molar-refractivity contribution in [2.45, 2.75) is 45.6 Å². The zero-order valence-corrected chi connectivity index (χ0v) is 15.7. The van der Waals surface area contributed by atoms with Gasteiger partial charge in [-0.1, -0.05) is 54.4 Å². The van der Waals surface area contributed by atoms with E-state index in [0.717, 1.165) is 10.9 Å². The summed E-state index contributed by atoms with van der Waals surface area (Å²) in [5.41, 5.74) is 3.88. The Hall–Kier alpha value is -0.710. The molecule has 21 heavy (non-hydrogen) atoms. The van der Waals surface area contributed by atoms with E-state index in [4.69, 9.17) is 4.98 Å². The molecule has 1 N–H and O–H groups in total. The van der Waals surface area contributed by atoms with Crippen molar-refractivity contribution in [3.63, 3.8) is 0 Å². The van der Waals surface area contributed by atoms with E-state index >= 15 is 0 Å². The lowest BCUT2D eigenvalue weighted by molar-refractivity contribution is 0.559. The minimum Gasteiger partial charge on any atom is -0.313 e. The molecule has 0 spiro atoms. The van der Waals surface area contributed by atoms with Crippen LogP contribution < -0.4 is 5.32 Å². The summed E-state index contributed by atoms with van der Waals surface area (Å²) < 4.78 is 1.15. The summed E-state index contributed by atoms with van der Waals surface area (Å²) in [6.07, 6.45) is 0.916. The molecule has 0 fully saturated rings. The molecule has 0 aliphatic rings. The second-order valence-electron chi connectivity index (χ2n) is 6.45. The van der Waals surface area contributed by atoms with Crippen molar-refractivity contribution < 1.29 is 0 Å². The Morgan fingerprint density at radius 1 is 1.33 bits per heavy atom. The first-order chi connectivity index (χ1) is 9.81. The summed E-state index contributed by atoms with van der Waals surface area (Å²) in [5.74, 6) is 0. The van der Waals surface area contributed by atoms with Crippen molar-refractivity contribution in [2.75, 3.05) is 7.05 Å². The average molecular weight is 367 g/mol. The van der Waals surface area contributed by atoms with Crippen LogP contribution >= 0.6 is 27.3 Å². The lowest BCUT2D eigenvalue weighted by atomic mass is 9.93. The first kappa shape index (κ1) is 16.7. The Balaban J connectivity index is 2.23. The first-order valence-corrected chi connectivity index (χ1v) is 8.86. The smallest absolute Gasteiger partial charge is 0.0947 e. The topological polar surface area (TPSA) is 24.9 Å². The number of benzene rings is 1. The van der Waals surface area contributed by atoms with Gasteiger partial charge in [0.2, 0.25) is 0 Å². The van der Waals surface area contributed by atoms with Crippen LogP contribution in [0.1, 0.15) is 48.6 Å². The third-order valence-corrected chi connectivity index (χ3v) is 5.17. The normalized spacial score (nSPS) is 13.4. The van der Waals surface area contributed by atoms with Gasteiger partial charge in [0.1, 0.15) is 0 Å². The Bertz CT molecular complexity index is 613. The fraction of sp³-hybridized carbons (Fsp3) is 0.471.